The van der Waals surface area contributed by atoms with E-state index in [0.29, 0.717) is 27.6 Å². The largest absolute Gasteiger partial charge is 0.443 e. The Bertz CT molecular complexity index is 881. The molecule has 3 aromatic rings. The third kappa shape index (κ3) is 3.19. The second kappa shape index (κ2) is 5.66. The average Bonchev–Trinajstić information content (AvgIpc) is 2.85. The van der Waals surface area contributed by atoms with Crippen LogP contribution >= 0.6 is 11.6 Å². The Morgan fingerprint density at radius 3 is 2.70 bits per heavy atom. The number of fused-ring (bicyclic) bond motifs is 1. The van der Waals surface area contributed by atoms with Gasteiger partial charge in [-0.05, 0) is 51.1 Å². The smallest absolute Gasteiger partial charge is 0.419 e. The first-order chi connectivity index (χ1) is 10.8. The van der Waals surface area contributed by atoms with Gasteiger partial charge in [0.15, 0.2) is 0 Å². The van der Waals surface area contributed by atoms with Crippen molar-refractivity contribution in [1.82, 2.24) is 14.5 Å². The van der Waals surface area contributed by atoms with E-state index in [1.54, 1.807) is 36.5 Å². The molecule has 118 valence electrons. The van der Waals surface area contributed by atoms with Crippen LogP contribution < -0.4 is 0 Å². The molecule has 3 aromatic heterocycles. The van der Waals surface area contributed by atoms with Gasteiger partial charge in [-0.1, -0.05) is 17.7 Å². The summed E-state index contributed by atoms with van der Waals surface area (Å²) >= 11 is 5.98. The first kappa shape index (κ1) is 15.5. The Morgan fingerprint density at radius 2 is 2.00 bits per heavy atom. The topological polar surface area (TPSA) is 57.0 Å². The van der Waals surface area contributed by atoms with Crippen LogP contribution in [0.25, 0.3) is 22.4 Å². The molecule has 3 rings (SSSR count). The van der Waals surface area contributed by atoms with Gasteiger partial charge in [-0.25, -0.2) is 14.3 Å². The van der Waals surface area contributed by atoms with Crippen LogP contribution in [0.3, 0.4) is 0 Å². The minimum Gasteiger partial charge on any atom is -0.443 e. The van der Waals surface area contributed by atoms with E-state index in [1.807, 2.05) is 26.8 Å². The lowest BCUT2D eigenvalue weighted by atomic mass is 10.2. The minimum atomic E-state index is -0.602. The second-order valence-electron chi connectivity index (χ2n) is 6.10. The van der Waals surface area contributed by atoms with Crippen LogP contribution in [0, 0.1) is 0 Å². The molecule has 5 nitrogen and oxygen atoms in total. The highest BCUT2D eigenvalue weighted by Gasteiger charge is 2.23. The standard InChI is InChI=1S/C17H16ClN3O2/c1-17(2,3)23-16(22)21-13-7-5-9-19-12(13)10-14(21)11-6-4-8-15(18)20-11/h4-10H,1-3H3. The predicted molar refractivity (Wildman–Crippen MR) is 89.6 cm³/mol. The van der Waals surface area contributed by atoms with E-state index in [1.165, 1.54) is 4.57 Å². The zero-order valence-electron chi connectivity index (χ0n) is 13.1. The lowest BCUT2D eigenvalue weighted by molar-refractivity contribution is 0.0547. The number of pyridine rings is 2. The number of ether oxygens (including phenoxy) is 1. The molecule has 0 saturated heterocycles. The van der Waals surface area contributed by atoms with Crippen LogP contribution in [-0.4, -0.2) is 26.2 Å². The van der Waals surface area contributed by atoms with Gasteiger partial charge in [-0.15, -0.1) is 0 Å². The van der Waals surface area contributed by atoms with Crippen LogP contribution in [0.5, 0.6) is 0 Å². The molecule has 0 fully saturated rings. The molecule has 3 heterocycles. The van der Waals surface area contributed by atoms with Gasteiger partial charge < -0.3 is 4.74 Å². The number of hydrogen-bond donors (Lipinski definition) is 0. The minimum absolute atomic E-state index is 0.358. The Balaban J connectivity index is 2.21. The van der Waals surface area contributed by atoms with Crippen LogP contribution in [0.4, 0.5) is 4.79 Å². The molecule has 0 aliphatic heterocycles. The third-order valence-electron chi connectivity index (χ3n) is 3.13. The number of hydrogen-bond acceptors (Lipinski definition) is 4. The van der Waals surface area contributed by atoms with E-state index in [9.17, 15) is 4.79 Å². The van der Waals surface area contributed by atoms with E-state index in [2.05, 4.69) is 9.97 Å². The molecule has 6 heteroatoms. The molecule has 0 aromatic carbocycles. The molecule has 0 saturated carbocycles. The summed E-state index contributed by atoms with van der Waals surface area (Å²) in [5, 5.41) is 0.358. The zero-order valence-corrected chi connectivity index (χ0v) is 13.8. The summed E-state index contributed by atoms with van der Waals surface area (Å²) in [6.45, 7) is 5.48. The fourth-order valence-electron chi connectivity index (χ4n) is 2.28. The normalized spacial score (nSPS) is 11.7. The number of carbonyl (C=O) groups is 1. The van der Waals surface area contributed by atoms with Crippen molar-refractivity contribution < 1.29 is 9.53 Å². The number of halogens is 1. The van der Waals surface area contributed by atoms with E-state index < -0.39 is 11.7 Å². The predicted octanol–water partition coefficient (Wildman–Crippen LogP) is 4.53. The summed E-state index contributed by atoms with van der Waals surface area (Å²) in [6, 6.07) is 10.7. The molecule has 0 spiro atoms. The molecular weight excluding hydrogens is 314 g/mol. The van der Waals surface area contributed by atoms with Crippen molar-refractivity contribution in [3.63, 3.8) is 0 Å². The molecule has 0 amide bonds. The molecule has 0 aliphatic rings. The van der Waals surface area contributed by atoms with Gasteiger partial charge in [0, 0.05) is 6.20 Å². The average molecular weight is 330 g/mol. The van der Waals surface area contributed by atoms with Crippen LogP contribution in [0.2, 0.25) is 5.15 Å². The van der Waals surface area contributed by atoms with Crippen molar-refractivity contribution in [2.75, 3.05) is 0 Å². The van der Waals surface area contributed by atoms with Gasteiger partial charge in [-0.2, -0.15) is 0 Å². The van der Waals surface area contributed by atoms with Crippen molar-refractivity contribution in [2.24, 2.45) is 0 Å². The summed E-state index contributed by atoms with van der Waals surface area (Å²) in [5.41, 5.74) is 1.93. The van der Waals surface area contributed by atoms with Gasteiger partial charge >= 0.3 is 6.09 Å². The zero-order chi connectivity index (χ0) is 16.6. The second-order valence-corrected chi connectivity index (χ2v) is 6.49. The third-order valence-corrected chi connectivity index (χ3v) is 3.34. The maximum atomic E-state index is 12.7. The number of carbonyl (C=O) groups excluding carboxylic acids is 1. The number of rotatable bonds is 1. The molecule has 0 atom stereocenters. The van der Waals surface area contributed by atoms with Crippen LogP contribution in [0.1, 0.15) is 20.8 Å². The summed E-state index contributed by atoms with van der Waals surface area (Å²) in [4.78, 5) is 21.3. The van der Waals surface area contributed by atoms with Gasteiger partial charge in [0.05, 0.1) is 22.4 Å². The maximum absolute atomic E-state index is 12.7. The highest BCUT2D eigenvalue weighted by atomic mass is 35.5. The Morgan fingerprint density at radius 1 is 1.22 bits per heavy atom. The highest BCUT2D eigenvalue weighted by Crippen LogP contribution is 2.27. The van der Waals surface area contributed by atoms with Crippen molar-refractivity contribution in [3.05, 3.63) is 47.7 Å². The molecule has 23 heavy (non-hydrogen) atoms. The molecular formula is C17H16ClN3O2. The van der Waals surface area contributed by atoms with Crippen molar-refractivity contribution in [1.29, 1.82) is 0 Å². The first-order valence-electron chi connectivity index (χ1n) is 7.18. The lowest BCUT2D eigenvalue weighted by Crippen LogP contribution is -2.27. The summed E-state index contributed by atoms with van der Waals surface area (Å²) < 4.78 is 7.00. The van der Waals surface area contributed by atoms with Gasteiger partial charge in [-0.3, -0.25) is 4.98 Å². The Hall–Kier alpha value is -2.40. The van der Waals surface area contributed by atoms with E-state index in [4.69, 9.17) is 16.3 Å². The quantitative estimate of drug-likeness (QED) is 0.615. The maximum Gasteiger partial charge on any atom is 0.419 e. The molecule has 0 N–H and O–H groups in total. The van der Waals surface area contributed by atoms with Gasteiger partial charge in [0.1, 0.15) is 10.8 Å². The number of nitrogens with zero attached hydrogens (tertiary/aromatic N) is 3. The summed E-state index contributed by atoms with van der Waals surface area (Å²) in [7, 11) is 0. The molecule has 0 radical (unpaired) electrons. The SMILES string of the molecule is CC(C)(C)OC(=O)n1c(-c2cccc(Cl)n2)cc2ncccc21. The molecule has 0 aliphatic carbocycles. The summed E-state index contributed by atoms with van der Waals surface area (Å²) in [6.07, 6.45) is 1.20. The van der Waals surface area contributed by atoms with E-state index in [-0.39, 0.29) is 0 Å². The Kier molecular flexibility index (Phi) is 3.82. The highest BCUT2D eigenvalue weighted by molar-refractivity contribution is 6.29. The number of aromatic nitrogens is 3. The van der Waals surface area contributed by atoms with Crippen LogP contribution in [-0.2, 0) is 4.74 Å². The lowest BCUT2D eigenvalue weighted by Gasteiger charge is -2.20. The Labute approximate surface area is 138 Å². The molecule has 0 bridgehead atoms. The van der Waals surface area contributed by atoms with Crippen molar-refractivity contribution in [2.45, 2.75) is 26.4 Å². The molecule has 0 unspecified atom stereocenters. The van der Waals surface area contributed by atoms with E-state index in [0.717, 1.165) is 0 Å². The van der Waals surface area contributed by atoms with Crippen molar-refractivity contribution >= 4 is 28.7 Å². The fraction of sp³-hybridized carbons (Fsp3) is 0.235. The van der Waals surface area contributed by atoms with E-state index >= 15 is 0 Å². The van der Waals surface area contributed by atoms with Crippen LogP contribution in [0.15, 0.2) is 42.6 Å². The fourth-order valence-corrected chi connectivity index (χ4v) is 2.44. The summed E-state index contributed by atoms with van der Waals surface area (Å²) in [5.74, 6) is 0. The van der Waals surface area contributed by atoms with Crippen molar-refractivity contribution in [3.8, 4) is 11.4 Å². The first-order valence-corrected chi connectivity index (χ1v) is 7.56. The van der Waals surface area contributed by atoms with Gasteiger partial charge in [0.25, 0.3) is 0 Å². The van der Waals surface area contributed by atoms with Gasteiger partial charge in [0.2, 0.25) is 0 Å². The monoisotopic (exact) mass is 329 g/mol.